The molecule has 3 nitrogen and oxygen atoms in total. The first kappa shape index (κ1) is 13.7. The number of allylic oxidation sites excluding steroid dienone is 1. The Morgan fingerprint density at radius 1 is 1.55 bits per heavy atom. The SMILES string of the molecule is C=C1CC2COC(=O)C2(Cc2ccc(OC)c(Br)c2)C1. The summed E-state index contributed by atoms with van der Waals surface area (Å²) in [5, 5.41) is 0. The standard InChI is InChI=1S/C16H17BrO3/c1-10-5-12-9-20-15(18)16(12,7-10)8-11-3-4-14(19-2)13(17)6-11/h3-4,6,12H,1,5,7-9H2,2H3. The molecule has 0 radical (unpaired) electrons. The Morgan fingerprint density at radius 2 is 2.35 bits per heavy atom. The van der Waals surface area contributed by atoms with Crippen molar-refractivity contribution >= 4 is 21.9 Å². The molecule has 106 valence electrons. The molecule has 0 amide bonds. The van der Waals surface area contributed by atoms with Crippen LogP contribution in [0.3, 0.4) is 0 Å². The summed E-state index contributed by atoms with van der Waals surface area (Å²) in [6.45, 7) is 4.60. The van der Waals surface area contributed by atoms with Gasteiger partial charge in [0.25, 0.3) is 0 Å². The number of hydrogen-bond donors (Lipinski definition) is 0. The summed E-state index contributed by atoms with van der Waals surface area (Å²) in [5.41, 5.74) is 1.89. The summed E-state index contributed by atoms with van der Waals surface area (Å²) in [5.74, 6) is 1.02. The Kier molecular flexibility index (Phi) is 3.36. The molecule has 1 saturated heterocycles. The van der Waals surface area contributed by atoms with Gasteiger partial charge in [-0.1, -0.05) is 18.2 Å². The molecule has 1 aliphatic heterocycles. The maximum atomic E-state index is 12.2. The van der Waals surface area contributed by atoms with Gasteiger partial charge in [-0.3, -0.25) is 4.79 Å². The molecule has 20 heavy (non-hydrogen) atoms. The van der Waals surface area contributed by atoms with Gasteiger partial charge in [0.15, 0.2) is 0 Å². The van der Waals surface area contributed by atoms with Crippen molar-refractivity contribution < 1.29 is 14.3 Å². The van der Waals surface area contributed by atoms with Crippen molar-refractivity contribution in [3.8, 4) is 5.75 Å². The van der Waals surface area contributed by atoms with Gasteiger partial charge in [-0.05, 0) is 52.9 Å². The van der Waals surface area contributed by atoms with Gasteiger partial charge >= 0.3 is 5.97 Å². The first-order valence-electron chi connectivity index (χ1n) is 6.71. The third-order valence-corrected chi connectivity index (χ3v) is 5.06. The quantitative estimate of drug-likeness (QED) is 0.625. The number of benzene rings is 1. The van der Waals surface area contributed by atoms with Crippen LogP contribution in [0.4, 0.5) is 0 Å². The second kappa shape index (κ2) is 4.92. The minimum absolute atomic E-state index is 0.0620. The first-order valence-corrected chi connectivity index (χ1v) is 7.51. The van der Waals surface area contributed by atoms with Gasteiger partial charge in [0.05, 0.1) is 23.6 Å². The van der Waals surface area contributed by atoms with Crippen LogP contribution in [0, 0.1) is 11.3 Å². The summed E-state index contributed by atoms with van der Waals surface area (Å²) in [7, 11) is 1.64. The molecule has 2 unspecified atom stereocenters. The second-order valence-corrected chi connectivity index (χ2v) is 6.58. The van der Waals surface area contributed by atoms with Gasteiger partial charge in [-0.2, -0.15) is 0 Å². The van der Waals surface area contributed by atoms with Gasteiger partial charge in [-0.25, -0.2) is 0 Å². The Hall–Kier alpha value is -1.29. The molecule has 0 aromatic heterocycles. The first-order chi connectivity index (χ1) is 9.55. The molecule has 4 heteroatoms. The van der Waals surface area contributed by atoms with E-state index in [1.165, 1.54) is 5.57 Å². The van der Waals surface area contributed by atoms with Crippen LogP contribution >= 0.6 is 15.9 Å². The van der Waals surface area contributed by atoms with Crippen LogP contribution in [-0.2, 0) is 16.0 Å². The largest absolute Gasteiger partial charge is 0.496 e. The molecule has 2 atom stereocenters. The molecule has 0 spiro atoms. The summed E-state index contributed by atoms with van der Waals surface area (Å²) in [6.07, 6.45) is 2.36. The molecular weight excluding hydrogens is 320 g/mol. The van der Waals surface area contributed by atoms with Crippen molar-refractivity contribution in [2.24, 2.45) is 11.3 Å². The van der Waals surface area contributed by atoms with Crippen LogP contribution in [0.25, 0.3) is 0 Å². The van der Waals surface area contributed by atoms with Gasteiger partial charge in [0.1, 0.15) is 5.75 Å². The van der Waals surface area contributed by atoms with E-state index < -0.39 is 5.41 Å². The van der Waals surface area contributed by atoms with E-state index >= 15 is 0 Å². The fraction of sp³-hybridized carbons (Fsp3) is 0.438. The van der Waals surface area contributed by atoms with Gasteiger partial charge in [0, 0.05) is 5.92 Å². The van der Waals surface area contributed by atoms with Crippen LogP contribution in [0.5, 0.6) is 5.75 Å². The smallest absolute Gasteiger partial charge is 0.313 e. The fourth-order valence-corrected chi connectivity index (χ4v) is 4.03. The molecule has 2 fully saturated rings. The predicted octanol–water partition coefficient (Wildman–Crippen LogP) is 3.51. The minimum Gasteiger partial charge on any atom is -0.496 e. The summed E-state index contributed by atoms with van der Waals surface area (Å²) in [4.78, 5) is 12.2. The Bertz CT molecular complexity index is 581. The van der Waals surface area contributed by atoms with E-state index in [-0.39, 0.29) is 11.9 Å². The molecule has 2 aliphatic rings. The average molecular weight is 337 g/mol. The van der Waals surface area contributed by atoms with E-state index in [1.807, 2.05) is 18.2 Å². The highest BCUT2D eigenvalue weighted by atomic mass is 79.9. The van der Waals surface area contributed by atoms with Crippen LogP contribution < -0.4 is 4.74 Å². The summed E-state index contributed by atoms with van der Waals surface area (Å²) in [6, 6.07) is 5.97. The molecule has 1 aromatic rings. The Morgan fingerprint density at radius 3 is 3.05 bits per heavy atom. The highest BCUT2D eigenvalue weighted by molar-refractivity contribution is 9.10. The van der Waals surface area contributed by atoms with Crippen molar-refractivity contribution in [1.82, 2.24) is 0 Å². The maximum Gasteiger partial charge on any atom is 0.313 e. The van der Waals surface area contributed by atoms with E-state index in [2.05, 4.69) is 22.5 Å². The van der Waals surface area contributed by atoms with E-state index in [1.54, 1.807) is 7.11 Å². The zero-order valence-corrected chi connectivity index (χ0v) is 13.0. The van der Waals surface area contributed by atoms with E-state index in [0.717, 1.165) is 28.6 Å². The monoisotopic (exact) mass is 336 g/mol. The molecule has 1 heterocycles. The average Bonchev–Trinajstić information content (AvgIpc) is 2.86. The number of methoxy groups -OCH3 is 1. The zero-order chi connectivity index (χ0) is 14.3. The number of cyclic esters (lactones) is 1. The normalized spacial score (nSPS) is 28.4. The molecule has 1 aliphatic carbocycles. The number of ether oxygens (including phenoxy) is 2. The maximum absolute atomic E-state index is 12.2. The predicted molar refractivity (Wildman–Crippen MR) is 79.7 cm³/mol. The van der Waals surface area contributed by atoms with Gasteiger partial charge < -0.3 is 9.47 Å². The number of fused-ring (bicyclic) bond motifs is 1. The fourth-order valence-electron chi connectivity index (χ4n) is 3.45. The molecule has 0 N–H and O–H groups in total. The van der Waals surface area contributed by atoms with Gasteiger partial charge in [-0.15, -0.1) is 0 Å². The lowest BCUT2D eigenvalue weighted by Crippen LogP contribution is -2.31. The van der Waals surface area contributed by atoms with E-state index in [0.29, 0.717) is 13.0 Å². The van der Waals surface area contributed by atoms with Crippen molar-refractivity contribution in [1.29, 1.82) is 0 Å². The van der Waals surface area contributed by atoms with Crippen molar-refractivity contribution in [3.05, 3.63) is 40.4 Å². The molecule has 3 rings (SSSR count). The number of carbonyl (C=O) groups excluding carboxylic acids is 1. The summed E-state index contributed by atoms with van der Waals surface area (Å²) < 4.78 is 11.5. The van der Waals surface area contributed by atoms with Crippen molar-refractivity contribution in [2.75, 3.05) is 13.7 Å². The molecular formula is C16H17BrO3. The third kappa shape index (κ3) is 2.06. The van der Waals surface area contributed by atoms with Crippen molar-refractivity contribution in [2.45, 2.75) is 19.3 Å². The summed E-state index contributed by atoms with van der Waals surface area (Å²) >= 11 is 3.50. The number of esters is 1. The Labute approximate surface area is 127 Å². The lowest BCUT2D eigenvalue weighted by atomic mass is 9.75. The van der Waals surface area contributed by atoms with Gasteiger partial charge in [0.2, 0.25) is 0 Å². The van der Waals surface area contributed by atoms with E-state index in [4.69, 9.17) is 9.47 Å². The third-order valence-electron chi connectivity index (χ3n) is 4.44. The van der Waals surface area contributed by atoms with Crippen LogP contribution in [0.15, 0.2) is 34.8 Å². The van der Waals surface area contributed by atoms with E-state index in [9.17, 15) is 4.79 Å². The molecule has 0 bridgehead atoms. The van der Waals surface area contributed by atoms with Crippen LogP contribution in [0.1, 0.15) is 18.4 Å². The second-order valence-electron chi connectivity index (χ2n) is 5.73. The van der Waals surface area contributed by atoms with Crippen molar-refractivity contribution in [3.63, 3.8) is 0 Å². The Balaban J connectivity index is 1.91. The number of hydrogen-bond acceptors (Lipinski definition) is 3. The lowest BCUT2D eigenvalue weighted by molar-refractivity contribution is -0.146. The molecule has 1 aromatic carbocycles. The zero-order valence-electron chi connectivity index (χ0n) is 11.4. The number of carbonyl (C=O) groups is 1. The topological polar surface area (TPSA) is 35.5 Å². The highest BCUT2D eigenvalue weighted by Crippen LogP contribution is 2.52. The highest BCUT2D eigenvalue weighted by Gasteiger charge is 2.55. The lowest BCUT2D eigenvalue weighted by Gasteiger charge is -2.24. The van der Waals surface area contributed by atoms with Crippen LogP contribution in [-0.4, -0.2) is 19.7 Å². The number of rotatable bonds is 3. The minimum atomic E-state index is -0.398. The number of halogens is 1. The van der Waals surface area contributed by atoms with Crippen LogP contribution in [0.2, 0.25) is 0 Å². The molecule has 1 saturated carbocycles.